The highest BCUT2D eigenvalue weighted by atomic mass is 32.2. The Balaban J connectivity index is 1.76. The lowest BCUT2D eigenvalue weighted by Crippen LogP contribution is -2.31. The molecule has 2 heterocycles. The Morgan fingerprint density at radius 1 is 1.00 bits per heavy atom. The van der Waals surface area contributed by atoms with E-state index < -0.39 is 10.0 Å². The van der Waals surface area contributed by atoms with Crippen LogP contribution >= 0.6 is 0 Å². The molecule has 0 N–H and O–H groups in total. The molecular weight excluding hydrogens is 374 g/mol. The number of benzene rings is 1. The molecule has 1 aliphatic heterocycles. The monoisotopic (exact) mass is 395 g/mol. The van der Waals surface area contributed by atoms with Gasteiger partial charge in [-0.15, -0.1) is 0 Å². The summed E-state index contributed by atoms with van der Waals surface area (Å²) in [6, 6.07) is 4.52. The van der Waals surface area contributed by atoms with E-state index in [1.165, 1.54) is 50.2 Å². The van der Waals surface area contributed by atoms with E-state index in [4.69, 9.17) is 18.9 Å². The van der Waals surface area contributed by atoms with Gasteiger partial charge in [-0.05, 0) is 18.6 Å². The second-order valence-electron chi connectivity index (χ2n) is 5.78. The van der Waals surface area contributed by atoms with Crippen LogP contribution in [0.3, 0.4) is 0 Å². The molecule has 1 atom stereocenters. The van der Waals surface area contributed by atoms with Crippen molar-refractivity contribution in [3.8, 4) is 23.3 Å². The summed E-state index contributed by atoms with van der Waals surface area (Å²) in [6.07, 6.45) is 3.18. The summed E-state index contributed by atoms with van der Waals surface area (Å²) in [7, 11) is 0.741. The van der Waals surface area contributed by atoms with E-state index >= 15 is 0 Å². The van der Waals surface area contributed by atoms with Gasteiger partial charge in [0, 0.05) is 25.0 Å². The van der Waals surface area contributed by atoms with Crippen molar-refractivity contribution in [2.45, 2.75) is 17.4 Å². The average molecular weight is 395 g/mol. The Kier molecular flexibility index (Phi) is 5.66. The summed E-state index contributed by atoms with van der Waals surface area (Å²) in [5, 5.41) is 0. The van der Waals surface area contributed by atoms with E-state index in [2.05, 4.69) is 9.97 Å². The predicted molar refractivity (Wildman–Crippen MR) is 95.9 cm³/mol. The number of nitrogens with zero attached hydrogens (tertiary/aromatic N) is 3. The molecule has 0 aliphatic carbocycles. The Morgan fingerprint density at radius 3 is 2.37 bits per heavy atom. The highest BCUT2D eigenvalue weighted by Gasteiger charge is 2.34. The molecule has 0 bridgehead atoms. The summed E-state index contributed by atoms with van der Waals surface area (Å²) in [5.41, 5.74) is 0. The standard InChI is InChI=1S/C17H21N3O6S/c1-23-14-5-4-13(10-15(14)24-2)27(21,22)20-9-6-12(11-20)26-17-16(25-3)18-7-8-19-17/h4-5,7-8,10,12H,6,9,11H2,1-3H3. The van der Waals surface area contributed by atoms with Crippen LogP contribution in [0.25, 0.3) is 0 Å². The molecule has 1 fully saturated rings. The zero-order chi connectivity index (χ0) is 19.4. The Bertz CT molecular complexity index is 905. The van der Waals surface area contributed by atoms with E-state index in [0.717, 1.165) is 0 Å². The van der Waals surface area contributed by atoms with Crippen molar-refractivity contribution in [1.82, 2.24) is 14.3 Å². The van der Waals surface area contributed by atoms with Crippen LogP contribution in [0.5, 0.6) is 23.3 Å². The van der Waals surface area contributed by atoms with Crippen LogP contribution in [0, 0.1) is 0 Å². The van der Waals surface area contributed by atoms with Crippen LogP contribution in [0.15, 0.2) is 35.5 Å². The lowest BCUT2D eigenvalue weighted by molar-refractivity contribution is 0.194. The van der Waals surface area contributed by atoms with E-state index in [1.54, 1.807) is 6.07 Å². The first-order valence-corrected chi connectivity index (χ1v) is 9.67. The van der Waals surface area contributed by atoms with Crippen LogP contribution in [-0.2, 0) is 10.0 Å². The van der Waals surface area contributed by atoms with Gasteiger partial charge in [-0.1, -0.05) is 0 Å². The van der Waals surface area contributed by atoms with Crippen LogP contribution in [-0.4, -0.2) is 63.2 Å². The van der Waals surface area contributed by atoms with E-state index in [-0.39, 0.29) is 29.3 Å². The van der Waals surface area contributed by atoms with Crippen molar-refractivity contribution in [3.05, 3.63) is 30.6 Å². The molecule has 1 unspecified atom stereocenters. The van der Waals surface area contributed by atoms with E-state index in [9.17, 15) is 8.42 Å². The van der Waals surface area contributed by atoms with Crippen LogP contribution in [0.4, 0.5) is 0 Å². The van der Waals surface area contributed by atoms with Gasteiger partial charge in [0.25, 0.3) is 11.8 Å². The maximum Gasteiger partial charge on any atom is 0.278 e. The number of hydrogen-bond acceptors (Lipinski definition) is 8. The number of rotatable bonds is 7. The number of aromatic nitrogens is 2. The van der Waals surface area contributed by atoms with Crippen molar-refractivity contribution < 1.29 is 27.4 Å². The van der Waals surface area contributed by atoms with Crippen LogP contribution in [0.2, 0.25) is 0 Å². The molecular formula is C17H21N3O6S. The number of ether oxygens (including phenoxy) is 4. The van der Waals surface area contributed by atoms with E-state index in [1.807, 2.05) is 0 Å². The van der Waals surface area contributed by atoms with Gasteiger partial charge in [0.15, 0.2) is 11.5 Å². The molecule has 3 rings (SSSR count). The second kappa shape index (κ2) is 7.97. The first kappa shape index (κ1) is 19.2. The van der Waals surface area contributed by atoms with Crippen molar-refractivity contribution >= 4 is 10.0 Å². The Labute approximate surface area is 157 Å². The Morgan fingerprint density at radius 2 is 1.70 bits per heavy atom. The van der Waals surface area contributed by atoms with Gasteiger partial charge in [-0.3, -0.25) is 0 Å². The molecule has 1 saturated heterocycles. The first-order valence-electron chi connectivity index (χ1n) is 8.23. The summed E-state index contributed by atoms with van der Waals surface area (Å²) in [4.78, 5) is 8.25. The maximum absolute atomic E-state index is 12.9. The molecule has 0 spiro atoms. The lowest BCUT2D eigenvalue weighted by atomic mass is 10.3. The van der Waals surface area contributed by atoms with Crippen molar-refractivity contribution in [3.63, 3.8) is 0 Å². The fourth-order valence-corrected chi connectivity index (χ4v) is 4.33. The minimum atomic E-state index is -3.69. The highest BCUT2D eigenvalue weighted by Crippen LogP contribution is 2.32. The SMILES string of the molecule is COc1ccc(S(=O)(=O)N2CCC(Oc3nccnc3OC)C2)cc1OC. The molecule has 1 aromatic heterocycles. The maximum atomic E-state index is 12.9. The smallest absolute Gasteiger partial charge is 0.278 e. The molecule has 27 heavy (non-hydrogen) atoms. The molecule has 146 valence electrons. The predicted octanol–water partition coefficient (Wildman–Crippen LogP) is 1.34. The third kappa shape index (κ3) is 3.91. The van der Waals surface area contributed by atoms with Gasteiger partial charge in [0.05, 0.1) is 32.8 Å². The number of sulfonamides is 1. The molecule has 0 saturated carbocycles. The molecule has 0 radical (unpaired) electrons. The van der Waals surface area contributed by atoms with Gasteiger partial charge in [0.1, 0.15) is 6.10 Å². The highest BCUT2D eigenvalue weighted by molar-refractivity contribution is 7.89. The molecule has 9 nitrogen and oxygen atoms in total. The molecule has 2 aromatic rings. The minimum absolute atomic E-state index is 0.137. The van der Waals surface area contributed by atoms with Crippen molar-refractivity contribution in [2.75, 3.05) is 34.4 Å². The molecule has 1 aromatic carbocycles. The zero-order valence-corrected chi connectivity index (χ0v) is 16.1. The fraction of sp³-hybridized carbons (Fsp3) is 0.412. The molecule has 0 amide bonds. The molecule has 1 aliphatic rings. The van der Waals surface area contributed by atoms with Gasteiger partial charge >= 0.3 is 0 Å². The summed E-state index contributed by atoms with van der Waals surface area (Å²) >= 11 is 0. The third-order valence-electron chi connectivity index (χ3n) is 4.21. The summed E-state index contributed by atoms with van der Waals surface area (Å²) in [5.74, 6) is 1.33. The fourth-order valence-electron chi connectivity index (χ4n) is 2.83. The average Bonchev–Trinajstić information content (AvgIpc) is 3.17. The Hall–Kier alpha value is -2.59. The first-order chi connectivity index (χ1) is 13.0. The van der Waals surface area contributed by atoms with Gasteiger partial charge in [-0.2, -0.15) is 4.31 Å². The van der Waals surface area contributed by atoms with E-state index in [0.29, 0.717) is 24.5 Å². The minimum Gasteiger partial charge on any atom is -0.493 e. The van der Waals surface area contributed by atoms with Crippen molar-refractivity contribution in [1.29, 1.82) is 0 Å². The number of methoxy groups -OCH3 is 3. The van der Waals surface area contributed by atoms with Gasteiger partial charge in [-0.25, -0.2) is 18.4 Å². The van der Waals surface area contributed by atoms with Crippen LogP contribution < -0.4 is 18.9 Å². The second-order valence-corrected chi connectivity index (χ2v) is 7.72. The third-order valence-corrected chi connectivity index (χ3v) is 6.07. The van der Waals surface area contributed by atoms with Gasteiger partial charge < -0.3 is 18.9 Å². The summed E-state index contributed by atoms with van der Waals surface area (Å²) < 4.78 is 48.5. The van der Waals surface area contributed by atoms with Gasteiger partial charge in [0.2, 0.25) is 10.0 Å². The molecule has 10 heteroatoms. The largest absolute Gasteiger partial charge is 0.493 e. The quantitative estimate of drug-likeness (QED) is 0.693. The van der Waals surface area contributed by atoms with Crippen molar-refractivity contribution in [2.24, 2.45) is 0 Å². The summed E-state index contributed by atoms with van der Waals surface area (Å²) in [6.45, 7) is 0.542. The zero-order valence-electron chi connectivity index (χ0n) is 15.3. The topological polar surface area (TPSA) is 100 Å². The lowest BCUT2D eigenvalue weighted by Gasteiger charge is -2.18. The normalized spacial score (nSPS) is 17.5. The van der Waals surface area contributed by atoms with Crippen LogP contribution in [0.1, 0.15) is 6.42 Å². The number of hydrogen-bond donors (Lipinski definition) is 0.